The highest BCUT2D eigenvalue weighted by molar-refractivity contribution is 4.76. The number of halogens is 1. The van der Waals surface area contributed by atoms with Crippen LogP contribution < -0.4 is 0 Å². The second kappa shape index (κ2) is 5.49. The topological polar surface area (TPSA) is 23.5 Å². The standard InChI is InChI=1S/C9H18FNO/c10-5-7-11-6-2-1-3-9(11)4-8-12/h9,12H,1-8H2. The highest BCUT2D eigenvalue weighted by Crippen LogP contribution is 2.18. The lowest BCUT2D eigenvalue weighted by Gasteiger charge is -2.34. The van der Waals surface area contributed by atoms with Crippen LogP contribution in [0.2, 0.25) is 0 Å². The molecule has 1 rings (SSSR count). The fourth-order valence-corrected chi connectivity index (χ4v) is 1.94. The molecular formula is C9H18FNO. The first-order valence-corrected chi connectivity index (χ1v) is 4.79. The van der Waals surface area contributed by atoms with E-state index < -0.39 is 0 Å². The van der Waals surface area contributed by atoms with Gasteiger partial charge in [-0.3, -0.25) is 4.90 Å². The molecule has 0 aromatic heterocycles. The van der Waals surface area contributed by atoms with E-state index in [4.69, 9.17) is 5.11 Å². The molecule has 12 heavy (non-hydrogen) atoms. The number of piperidine rings is 1. The van der Waals surface area contributed by atoms with Crippen LogP contribution in [-0.2, 0) is 0 Å². The van der Waals surface area contributed by atoms with Gasteiger partial charge in [0.15, 0.2) is 0 Å². The lowest BCUT2D eigenvalue weighted by Crippen LogP contribution is -2.41. The van der Waals surface area contributed by atoms with E-state index in [1.807, 2.05) is 0 Å². The summed E-state index contributed by atoms with van der Waals surface area (Å²) >= 11 is 0. The molecule has 1 heterocycles. The summed E-state index contributed by atoms with van der Waals surface area (Å²) in [5.74, 6) is 0. The summed E-state index contributed by atoms with van der Waals surface area (Å²) in [5.41, 5.74) is 0. The number of aliphatic hydroxyl groups excluding tert-OH is 1. The van der Waals surface area contributed by atoms with Crippen LogP contribution in [0.15, 0.2) is 0 Å². The molecular weight excluding hydrogens is 157 g/mol. The third kappa shape index (κ3) is 2.72. The Morgan fingerprint density at radius 3 is 2.92 bits per heavy atom. The Morgan fingerprint density at radius 1 is 1.42 bits per heavy atom. The first kappa shape index (κ1) is 9.93. The Morgan fingerprint density at radius 2 is 2.25 bits per heavy atom. The number of aliphatic hydroxyl groups is 1. The van der Waals surface area contributed by atoms with E-state index in [2.05, 4.69) is 4.90 Å². The lowest BCUT2D eigenvalue weighted by atomic mass is 10.00. The quantitative estimate of drug-likeness (QED) is 0.694. The Labute approximate surface area is 73.4 Å². The van der Waals surface area contributed by atoms with E-state index in [1.165, 1.54) is 12.8 Å². The van der Waals surface area contributed by atoms with Gasteiger partial charge in [0.2, 0.25) is 0 Å². The maximum atomic E-state index is 12.1. The van der Waals surface area contributed by atoms with Crippen LogP contribution in [0, 0.1) is 0 Å². The zero-order valence-corrected chi connectivity index (χ0v) is 7.51. The van der Waals surface area contributed by atoms with Crippen molar-refractivity contribution in [3.63, 3.8) is 0 Å². The van der Waals surface area contributed by atoms with E-state index in [0.717, 1.165) is 19.4 Å². The van der Waals surface area contributed by atoms with Crippen molar-refractivity contribution in [3.8, 4) is 0 Å². The molecule has 0 aromatic carbocycles. The number of hydrogen-bond acceptors (Lipinski definition) is 2. The van der Waals surface area contributed by atoms with Crippen molar-refractivity contribution in [1.82, 2.24) is 4.90 Å². The molecule has 1 unspecified atom stereocenters. The minimum absolute atomic E-state index is 0.230. The molecule has 0 saturated carbocycles. The Hall–Kier alpha value is -0.150. The smallest absolute Gasteiger partial charge is 0.102 e. The van der Waals surface area contributed by atoms with Gasteiger partial charge in [0.25, 0.3) is 0 Å². The Kier molecular flexibility index (Phi) is 4.54. The van der Waals surface area contributed by atoms with E-state index in [9.17, 15) is 4.39 Å². The molecule has 1 saturated heterocycles. The van der Waals surface area contributed by atoms with Crippen LogP contribution in [-0.4, -0.2) is 42.4 Å². The van der Waals surface area contributed by atoms with Crippen LogP contribution in [0.1, 0.15) is 25.7 Å². The van der Waals surface area contributed by atoms with Crippen molar-refractivity contribution in [2.75, 3.05) is 26.4 Å². The number of alkyl halides is 1. The van der Waals surface area contributed by atoms with Gasteiger partial charge in [-0.15, -0.1) is 0 Å². The van der Waals surface area contributed by atoms with Gasteiger partial charge in [-0.2, -0.15) is 0 Å². The summed E-state index contributed by atoms with van der Waals surface area (Å²) in [5, 5.41) is 8.78. The van der Waals surface area contributed by atoms with Crippen LogP contribution in [0.5, 0.6) is 0 Å². The number of hydrogen-bond donors (Lipinski definition) is 1. The van der Waals surface area contributed by atoms with Gasteiger partial charge < -0.3 is 5.11 Å². The zero-order valence-electron chi connectivity index (χ0n) is 7.51. The summed E-state index contributed by atoms with van der Waals surface area (Å²) in [4.78, 5) is 2.17. The third-order valence-electron chi connectivity index (χ3n) is 2.58. The Balaban J connectivity index is 2.31. The largest absolute Gasteiger partial charge is 0.396 e. The Bertz CT molecular complexity index is 103. The molecule has 0 aromatic rings. The van der Waals surface area contributed by atoms with Crippen molar-refractivity contribution in [2.45, 2.75) is 31.7 Å². The molecule has 1 aliphatic heterocycles. The van der Waals surface area contributed by atoms with Gasteiger partial charge in [-0.05, 0) is 25.8 Å². The highest BCUT2D eigenvalue weighted by Gasteiger charge is 2.20. The van der Waals surface area contributed by atoms with Crippen LogP contribution >= 0.6 is 0 Å². The minimum atomic E-state index is -0.262. The maximum absolute atomic E-state index is 12.1. The molecule has 0 radical (unpaired) electrons. The van der Waals surface area contributed by atoms with Crippen LogP contribution in [0.3, 0.4) is 0 Å². The average molecular weight is 175 g/mol. The van der Waals surface area contributed by atoms with Crippen molar-refractivity contribution < 1.29 is 9.50 Å². The molecule has 72 valence electrons. The highest BCUT2D eigenvalue weighted by atomic mass is 19.1. The van der Waals surface area contributed by atoms with Crippen molar-refractivity contribution in [3.05, 3.63) is 0 Å². The second-order valence-corrected chi connectivity index (χ2v) is 3.39. The summed E-state index contributed by atoms with van der Waals surface area (Å²) in [6, 6.07) is 0.430. The SMILES string of the molecule is OCCC1CCCCN1CCF. The molecule has 3 heteroatoms. The second-order valence-electron chi connectivity index (χ2n) is 3.39. The molecule has 1 fully saturated rings. The van der Waals surface area contributed by atoms with E-state index in [1.54, 1.807) is 0 Å². The van der Waals surface area contributed by atoms with E-state index in [0.29, 0.717) is 12.6 Å². The molecule has 2 nitrogen and oxygen atoms in total. The van der Waals surface area contributed by atoms with Gasteiger partial charge in [-0.1, -0.05) is 6.42 Å². The fraction of sp³-hybridized carbons (Fsp3) is 1.00. The number of likely N-dealkylation sites (tertiary alicyclic amines) is 1. The predicted octanol–water partition coefficient (Wildman–Crippen LogP) is 1.19. The molecule has 0 spiro atoms. The summed E-state index contributed by atoms with van der Waals surface area (Å²) in [7, 11) is 0. The van der Waals surface area contributed by atoms with Crippen molar-refractivity contribution >= 4 is 0 Å². The monoisotopic (exact) mass is 175 g/mol. The van der Waals surface area contributed by atoms with Gasteiger partial charge in [-0.25, -0.2) is 4.39 Å². The average Bonchev–Trinajstić information content (AvgIpc) is 2.09. The molecule has 1 N–H and O–H groups in total. The third-order valence-corrected chi connectivity index (χ3v) is 2.58. The summed E-state index contributed by atoms with van der Waals surface area (Å²) in [6.07, 6.45) is 4.34. The van der Waals surface area contributed by atoms with E-state index >= 15 is 0 Å². The van der Waals surface area contributed by atoms with Crippen molar-refractivity contribution in [1.29, 1.82) is 0 Å². The van der Waals surface area contributed by atoms with Crippen LogP contribution in [0.4, 0.5) is 4.39 Å². The molecule has 0 bridgehead atoms. The first-order valence-electron chi connectivity index (χ1n) is 4.79. The first-order chi connectivity index (χ1) is 5.88. The van der Waals surface area contributed by atoms with Gasteiger partial charge >= 0.3 is 0 Å². The summed E-state index contributed by atoms with van der Waals surface area (Å²) in [6.45, 7) is 1.52. The maximum Gasteiger partial charge on any atom is 0.102 e. The zero-order chi connectivity index (χ0) is 8.81. The van der Waals surface area contributed by atoms with Gasteiger partial charge in [0.05, 0.1) is 0 Å². The van der Waals surface area contributed by atoms with Gasteiger partial charge in [0, 0.05) is 19.2 Å². The lowest BCUT2D eigenvalue weighted by molar-refractivity contribution is 0.112. The number of nitrogens with zero attached hydrogens (tertiary/aromatic N) is 1. The minimum Gasteiger partial charge on any atom is -0.396 e. The molecule has 1 atom stereocenters. The van der Waals surface area contributed by atoms with Crippen LogP contribution in [0.25, 0.3) is 0 Å². The number of rotatable bonds is 4. The normalized spacial score (nSPS) is 26.0. The fourth-order valence-electron chi connectivity index (χ4n) is 1.94. The molecule has 0 amide bonds. The summed E-state index contributed by atoms with van der Waals surface area (Å²) < 4.78 is 12.1. The molecule has 0 aliphatic carbocycles. The predicted molar refractivity (Wildman–Crippen MR) is 46.9 cm³/mol. The van der Waals surface area contributed by atoms with Crippen molar-refractivity contribution in [2.24, 2.45) is 0 Å². The molecule has 1 aliphatic rings. The van der Waals surface area contributed by atoms with E-state index in [-0.39, 0.29) is 13.3 Å². The van der Waals surface area contributed by atoms with Gasteiger partial charge in [0.1, 0.15) is 6.67 Å².